The lowest BCUT2D eigenvalue weighted by molar-refractivity contribution is -0.384. The summed E-state index contributed by atoms with van der Waals surface area (Å²) in [6.45, 7) is 0.761. The summed E-state index contributed by atoms with van der Waals surface area (Å²) < 4.78 is 11.3. The van der Waals surface area contributed by atoms with Gasteiger partial charge >= 0.3 is 0 Å². The Morgan fingerprint density at radius 3 is 2.91 bits per heavy atom. The molecule has 0 fully saturated rings. The number of hydrogen-bond acceptors (Lipinski definition) is 7. The van der Waals surface area contributed by atoms with E-state index in [0.717, 1.165) is 0 Å². The third kappa shape index (κ3) is 3.26. The second-order valence-corrected chi connectivity index (χ2v) is 5.30. The smallest absolute Gasteiger partial charge is 0.269 e. The maximum atomic E-state index is 10.6. The van der Waals surface area contributed by atoms with Gasteiger partial charge in [-0.25, -0.2) is 4.98 Å². The summed E-state index contributed by atoms with van der Waals surface area (Å²) in [5.41, 5.74) is 0.0238. The van der Waals surface area contributed by atoms with Crippen molar-refractivity contribution in [3.63, 3.8) is 0 Å². The molecule has 1 aliphatic rings. The number of ether oxygens (including phenoxy) is 2. The third-order valence-corrected chi connectivity index (χ3v) is 3.69. The van der Waals surface area contributed by atoms with Gasteiger partial charge in [-0.05, 0) is 23.7 Å². The van der Waals surface area contributed by atoms with Crippen LogP contribution in [-0.2, 0) is 0 Å². The van der Waals surface area contributed by atoms with E-state index in [2.05, 4.69) is 9.97 Å². The van der Waals surface area contributed by atoms with Crippen LogP contribution in [0, 0.1) is 10.1 Å². The SMILES string of the molecule is CN1c2nc(Cl)ncc2OCC1COc1ccc([N+](=O)[O-])cc1. The molecule has 2 heterocycles. The topological polar surface area (TPSA) is 90.6 Å². The molecule has 1 atom stereocenters. The number of likely N-dealkylation sites (N-methyl/N-ethyl adjacent to an activating group) is 1. The van der Waals surface area contributed by atoms with Gasteiger partial charge in [-0.1, -0.05) is 0 Å². The fourth-order valence-corrected chi connectivity index (χ4v) is 2.31. The first kappa shape index (κ1) is 15.3. The van der Waals surface area contributed by atoms with E-state index in [1.807, 2.05) is 11.9 Å². The minimum absolute atomic E-state index is 0.0238. The number of nitro benzene ring substituents is 1. The molecule has 0 amide bonds. The maximum Gasteiger partial charge on any atom is 0.269 e. The minimum Gasteiger partial charge on any atom is -0.491 e. The first-order valence-corrected chi connectivity index (χ1v) is 7.18. The van der Waals surface area contributed by atoms with Crippen LogP contribution in [0.1, 0.15) is 0 Å². The van der Waals surface area contributed by atoms with Crippen LogP contribution >= 0.6 is 11.6 Å². The second kappa shape index (κ2) is 6.25. The molecule has 3 rings (SSSR count). The van der Waals surface area contributed by atoms with Gasteiger partial charge in [0.05, 0.1) is 17.2 Å². The number of rotatable bonds is 4. The standard InChI is InChI=1S/C14H13ClN4O4/c1-18-10(8-23-12-6-16-14(15)17-13(12)18)7-22-11-4-2-9(3-5-11)19(20)21/h2-6,10H,7-8H2,1H3. The summed E-state index contributed by atoms with van der Waals surface area (Å²) >= 11 is 5.81. The molecule has 0 radical (unpaired) electrons. The minimum atomic E-state index is -0.451. The molecule has 0 N–H and O–H groups in total. The molecule has 8 nitrogen and oxygen atoms in total. The van der Waals surface area contributed by atoms with Crippen molar-refractivity contribution in [1.82, 2.24) is 9.97 Å². The number of benzene rings is 1. The quantitative estimate of drug-likeness (QED) is 0.480. The van der Waals surface area contributed by atoms with Gasteiger partial charge in [-0.15, -0.1) is 0 Å². The predicted molar refractivity (Wildman–Crippen MR) is 83.3 cm³/mol. The Bertz CT molecular complexity index is 725. The molecular formula is C14H13ClN4O4. The number of anilines is 1. The molecule has 0 saturated carbocycles. The summed E-state index contributed by atoms with van der Waals surface area (Å²) in [7, 11) is 1.87. The molecule has 0 bridgehead atoms. The van der Waals surface area contributed by atoms with Gasteiger partial charge in [0.2, 0.25) is 5.28 Å². The highest BCUT2D eigenvalue weighted by Gasteiger charge is 2.27. The number of fused-ring (bicyclic) bond motifs is 1. The Hall–Kier alpha value is -2.61. The highest BCUT2D eigenvalue weighted by molar-refractivity contribution is 6.28. The molecule has 2 aromatic rings. The van der Waals surface area contributed by atoms with Crippen LogP contribution < -0.4 is 14.4 Å². The molecule has 1 aromatic heterocycles. The van der Waals surface area contributed by atoms with Crippen molar-refractivity contribution in [2.24, 2.45) is 0 Å². The van der Waals surface area contributed by atoms with E-state index >= 15 is 0 Å². The zero-order valence-corrected chi connectivity index (χ0v) is 12.9. The molecule has 1 aromatic carbocycles. The number of hydrogen-bond donors (Lipinski definition) is 0. The summed E-state index contributed by atoms with van der Waals surface area (Å²) in [6, 6.07) is 5.87. The Labute approximate surface area is 136 Å². The van der Waals surface area contributed by atoms with E-state index in [1.165, 1.54) is 18.3 Å². The molecule has 1 unspecified atom stereocenters. The van der Waals surface area contributed by atoms with Crippen molar-refractivity contribution < 1.29 is 14.4 Å². The average molecular weight is 337 g/mol. The lowest BCUT2D eigenvalue weighted by Gasteiger charge is -2.34. The Morgan fingerprint density at radius 1 is 1.48 bits per heavy atom. The highest BCUT2D eigenvalue weighted by atomic mass is 35.5. The lowest BCUT2D eigenvalue weighted by Crippen LogP contribution is -2.44. The number of aromatic nitrogens is 2. The molecule has 23 heavy (non-hydrogen) atoms. The number of nitro groups is 1. The Balaban J connectivity index is 1.66. The first-order chi connectivity index (χ1) is 11.0. The van der Waals surface area contributed by atoms with E-state index in [0.29, 0.717) is 30.5 Å². The van der Waals surface area contributed by atoms with Crippen LogP contribution in [0.5, 0.6) is 11.5 Å². The van der Waals surface area contributed by atoms with E-state index < -0.39 is 4.92 Å². The van der Waals surface area contributed by atoms with Crippen molar-refractivity contribution in [2.45, 2.75) is 6.04 Å². The van der Waals surface area contributed by atoms with Crippen molar-refractivity contribution in [3.05, 3.63) is 45.9 Å². The van der Waals surface area contributed by atoms with Crippen molar-refractivity contribution >= 4 is 23.1 Å². The molecule has 120 valence electrons. The van der Waals surface area contributed by atoms with Crippen LogP contribution in [0.25, 0.3) is 0 Å². The highest BCUT2D eigenvalue weighted by Crippen LogP contribution is 2.31. The predicted octanol–water partition coefficient (Wildman–Crippen LogP) is 2.31. The fourth-order valence-electron chi connectivity index (χ4n) is 2.18. The largest absolute Gasteiger partial charge is 0.491 e. The molecule has 0 saturated heterocycles. The van der Waals surface area contributed by atoms with E-state index in [-0.39, 0.29) is 17.0 Å². The number of halogens is 1. The summed E-state index contributed by atoms with van der Waals surface area (Å²) in [4.78, 5) is 20.1. The van der Waals surface area contributed by atoms with E-state index in [9.17, 15) is 10.1 Å². The fraction of sp³-hybridized carbons (Fsp3) is 0.286. The first-order valence-electron chi connectivity index (χ1n) is 6.80. The summed E-state index contributed by atoms with van der Waals surface area (Å²) in [5, 5.41) is 10.8. The molecule has 9 heteroatoms. The number of nitrogens with zero attached hydrogens (tertiary/aromatic N) is 4. The Morgan fingerprint density at radius 2 is 2.22 bits per heavy atom. The molecule has 1 aliphatic heterocycles. The van der Waals surface area contributed by atoms with Crippen molar-refractivity contribution in [3.8, 4) is 11.5 Å². The van der Waals surface area contributed by atoms with Crippen LogP contribution in [0.4, 0.5) is 11.5 Å². The van der Waals surface area contributed by atoms with Crippen molar-refractivity contribution in [1.29, 1.82) is 0 Å². The molecular weight excluding hydrogens is 324 g/mol. The maximum absolute atomic E-state index is 10.6. The zero-order valence-electron chi connectivity index (χ0n) is 12.2. The Kier molecular flexibility index (Phi) is 4.16. The van der Waals surface area contributed by atoms with E-state index in [4.69, 9.17) is 21.1 Å². The van der Waals surface area contributed by atoms with Gasteiger partial charge in [0, 0.05) is 19.2 Å². The average Bonchev–Trinajstić information content (AvgIpc) is 2.55. The van der Waals surface area contributed by atoms with Gasteiger partial charge in [0.1, 0.15) is 19.0 Å². The van der Waals surface area contributed by atoms with Gasteiger partial charge in [-0.2, -0.15) is 4.98 Å². The summed E-state index contributed by atoms with van der Waals surface area (Å²) in [5.74, 6) is 1.73. The van der Waals surface area contributed by atoms with Crippen LogP contribution in [0.2, 0.25) is 5.28 Å². The van der Waals surface area contributed by atoms with E-state index in [1.54, 1.807) is 12.1 Å². The van der Waals surface area contributed by atoms with Gasteiger partial charge < -0.3 is 14.4 Å². The second-order valence-electron chi connectivity index (χ2n) is 4.96. The third-order valence-electron chi connectivity index (χ3n) is 3.51. The van der Waals surface area contributed by atoms with Gasteiger partial charge in [0.15, 0.2) is 11.6 Å². The van der Waals surface area contributed by atoms with Crippen LogP contribution in [0.3, 0.4) is 0 Å². The molecule has 0 spiro atoms. The van der Waals surface area contributed by atoms with Gasteiger partial charge in [-0.3, -0.25) is 10.1 Å². The van der Waals surface area contributed by atoms with Crippen LogP contribution in [-0.4, -0.2) is 41.2 Å². The van der Waals surface area contributed by atoms with Crippen molar-refractivity contribution in [2.75, 3.05) is 25.2 Å². The zero-order chi connectivity index (χ0) is 16.4. The molecule has 0 aliphatic carbocycles. The monoisotopic (exact) mass is 336 g/mol. The van der Waals surface area contributed by atoms with Gasteiger partial charge in [0.25, 0.3) is 5.69 Å². The number of non-ortho nitro benzene ring substituents is 1. The summed E-state index contributed by atoms with van der Waals surface area (Å²) in [6.07, 6.45) is 1.54. The normalized spacial score (nSPS) is 16.4. The lowest BCUT2D eigenvalue weighted by atomic mass is 10.2. The van der Waals surface area contributed by atoms with Crippen LogP contribution in [0.15, 0.2) is 30.5 Å².